The third-order valence-electron chi connectivity index (χ3n) is 4.78. The molecule has 7 heteroatoms. The molecule has 0 saturated heterocycles. The van der Waals surface area contributed by atoms with Gasteiger partial charge in [-0.2, -0.15) is 0 Å². The monoisotopic (exact) mass is 489 g/mol. The molecule has 1 aliphatic heterocycles. The van der Waals surface area contributed by atoms with Crippen molar-refractivity contribution in [3.05, 3.63) is 80.8 Å². The summed E-state index contributed by atoms with van der Waals surface area (Å²) in [5.41, 5.74) is 3.00. The fraction of sp³-hybridized carbons (Fsp3) is 0.217. The molecule has 3 aromatic rings. The van der Waals surface area contributed by atoms with Crippen LogP contribution in [0.5, 0.6) is 23.0 Å². The SMILES string of the molecule is COc1ccc(Br)c(CNCc2ccc3c(c2)OCO3)c1OCc1ccccc1Cl. The van der Waals surface area contributed by atoms with E-state index in [4.69, 9.17) is 30.5 Å². The van der Waals surface area contributed by atoms with E-state index in [1.165, 1.54) is 0 Å². The molecule has 0 fully saturated rings. The van der Waals surface area contributed by atoms with Gasteiger partial charge >= 0.3 is 0 Å². The molecule has 0 saturated carbocycles. The van der Waals surface area contributed by atoms with Crippen molar-refractivity contribution in [2.75, 3.05) is 13.9 Å². The molecule has 0 unspecified atom stereocenters. The van der Waals surface area contributed by atoms with E-state index in [1.807, 2.05) is 54.6 Å². The van der Waals surface area contributed by atoms with Gasteiger partial charge in [0.1, 0.15) is 6.61 Å². The summed E-state index contributed by atoms with van der Waals surface area (Å²) in [5, 5.41) is 4.14. The lowest BCUT2D eigenvalue weighted by atomic mass is 10.1. The van der Waals surface area contributed by atoms with Crippen molar-refractivity contribution < 1.29 is 18.9 Å². The summed E-state index contributed by atoms with van der Waals surface area (Å²) in [6.45, 7) is 1.88. The molecule has 3 aromatic carbocycles. The van der Waals surface area contributed by atoms with Gasteiger partial charge in [0, 0.05) is 33.7 Å². The Labute approximate surface area is 189 Å². The van der Waals surface area contributed by atoms with E-state index in [0.717, 1.165) is 32.7 Å². The lowest BCUT2D eigenvalue weighted by Crippen LogP contribution is -2.14. The lowest BCUT2D eigenvalue weighted by molar-refractivity contribution is 0.174. The van der Waals surface area contributed by atoms with E-state index in [0.29, 0.717) is 36.2 Å². The molecule has 5 nitrogen and oxygen atoms in total. The van der Waals surface area contributed by atoms with Crippen molar-refractivity contribution in [3.8, 4) is 23.0 Å². The van der Waals surface area contributed by atoms with Crippen LogP contribution in [0.4, 0.5) is 0 Å². The molecular weight excluding hydrogens is 470 g/mol. The summed E-state index contributed by atoms with van der Waals surface area (Å²) in [4.78, 5) is 0. The summed E-state index contributed by atoms with van der Waals surface area (Å²) >= 11 is 9.92. The Balaban J connectivity index is 1.48. The van der Waals surface area contributed by atoms with Crippen molar-refractivity contribution in [2.45, 2.75) is 19.7 Å². The molecule has 1 N–H and O–H groups in total. The number of fused-ring (bicyclic) bond motifs is 1. The van der Waals surface area contributed by atoms with Gasteiger partial charge in [0.05, 0.1) is 7.11 Å². The van der Waals surface area contributed by atoms with Crippen LogP contribution < -0.4 is 24.3 Å². The first-order chi connectivity index (χ1) is 14.7. The number of halogens is 2. The first kappa shape index (κ1) is 20.8. The Hall–Kier alpha value is -2.41. The molecule has 1 aliphatic rings. The standard InChI is InChI=1S/C23H21BrClNO4/c1-27-21-9-7-18(24)17(23(21)28-13-16-4-2-3-5-19(16)25)12-26-11-15-6-8-20-22(10-15)30-14-29-20/h2-10,26H,11-14H2,1H3. The van der Waals surface area contributed by atoms with Crippen LogP contribution in [0.2, 0.25) is 5.02 Å². The van der Waals surface area contributed by atoms with Crippen LogP contribution in [0, 0.1) is 0 Å². The second kappa shape index (κ2) is 9.60. The zero-order valence-electron chi connectivity index (χ0n) is 16.4. The van der Waals surface area contributed by atoms with Gasteiger partial charge in [0.2, 0.25) is 6.79 Å². The molecule has 0 aliphatic carbocycles. The van der Waals surface area contributed by atoms with Crippen LogP contribution in [0.3, 0.4) is 0 Å². The van der Waals surface area contributed by atoms with Gasteiger partial charge in [-0.1, -0.05) is 51.8 Å². The summed E-state index contributed by atoms with van der Waals surface area (Å²) in [7, 11) is 1.63. The predicted octanol–water partition coefficient (Wildman–Crippen LogP) is 5.71. The van der Waals surface area contributed by atoms with Crippen LogP contribution in [0.25, 0.3) is 0 Å². The molecule has 0 spiro atoms. The van der Waals surface area contributed by atoms with Crippen LogP contribution in [-0.4, -0.2) is 13.9 Å². The fourth-order valence-corrected chi connectivity index (χ4v) is 3.86. The smallest absolute Gasteiger partial charge is 0.231 e. The molecular formula is C23H21BrClNO4. The average Bonchev–Trinajstić information content (AvgIpc) is 3.22. The maximum atomic E-state index is 6.27. The molecule has 4 rings (SSSR count). The number of hydrogen-bond donors (Lipinski definition) is 1. The highest BCUT2D eigenvalue weighted by atomic mass is 79.9. The number of nitrogens with one attached hydrogen (secondary N) is 1. The number of hydrogen-bond acceptors (Lipinski definition) is 5. The average molecular weight is 491 g/mol. The zero-order chi connectivity index (χ0) is 20.9. The highest BCUT2D eigenvalue weighted by Gasteiger charge is 2.16. The largest absolute Gasteiger partial charge is 0.493 e. The highest BCUT2D eigenvalue weighted by Crippen LogP contribution is 2.37. The Morgan fingerprint density at radius 3 is 2.70 bits per heavy atom. The van der Waals surface area contributed by atoms with E-state index >= 15 is 0 Å². The normalized spacial score (nSPS) is 12.1. The number of rotatable bonds is 8. The van der Waals surface area contributed by atoms with Crippen molar-refractivity contribution >= 4 is 27.5 Å². The molecule has 156 valence electrons. The molecule has 0 amide bonds. The van der Waals surface area contributed by atoms with Gasteiger partial charge in [0.15, 0.2) is 23.0 Å². The van der Waals surface area contributed by atoms with Crippen molar-refractivity contribution in [1.29, 1.82) is 0 Å². The Morgan fingerprint density at radius 2 is 1.87 bits per heavy atom. The van der Waals surface area contributed by atoms with E-state index in [1.54, 1.807) is 7.11 Å². The van der Waals surface area contributed by atoms with Gasteiger partial charge in [-0.25, -0.2) is 0 Å². The Bertz CT molecular complexity index is 1040. The van der Waals surface area contributed by atoms with Crippen LogP contribution in [0.15, 0.2) is 59.1 Å². The molecule has 1 heterocycles. The van der Waals surface area contributed by atoms with Crippen molar-refractivity contribution in [2.24, 2.45) is 0 Å². The molecule has 0 aromatic heterocycles. The number of benzene rings is 3. The van der Waals surface area contributed by atoms with Gasteiger partial charge in [-0.3, -0.25) is 0 Å². The minimum atomic E-state index is 0.273. The topological polar surface area (TPSA) is 49.0 Å². The molecule has 0 radical (unpaired) electrons. The first-order valence-corrected chi connectivity index (χ1v) is 10.6. The molecule has 0 atom stereocenters. The number of ether oxygens (including phenoxy) is 4. The highest BCUT2D eigenvalue weighted by molar-refractivity contribution is 9.10. The minimum Gasteiger partial charge on any atom is -0.493 e. The quantitative estimate of drug-likeness (QED) is 0.438. The van der Waals surface area contributed by atoms with Gasteiger partial charge in [-0.05, 0) is 35.9 Å². The third kappa shape index (κ3) is 4.67. The fourth-order valence-electron chi connectivity index (χ4n) is 3.21. The van der Waals surface area contributed by atoms with Crippen LogP contribution >= 0.6 is 27.5 Å². The summed E-state index contributed by atoms with van der Waals surface area (Å²) in [6.07, 6.45) is 0. The second-order valence-corrected chi connectivity index (χ2v) is 7.99. The van der Waals surface area contributed by atoms with Crippen LogP contribution in [-0.2, 0) is 19.7 Å². The minimum absolute atomic E-state index is 0.273. The predicted molar refractivity (Wildman–Crippen MR) is 120 cm³/mol. The van der Waals surface area contributed by atoms with Crippen molar-refractivity contribution in [1.82, 2.24) is 5.32 Å². The molecule has 30 heavy (non-hydrogen) atoms. The maximum absolute atomic E-state index is 6.27. The Morgan fingerprint density at radius 1 is 1.03 bits per heavy atom. The van der Waals surface area contributed by atoms with E-state index < -0.39 is 0 Å². The van der Waals surface area contributed by atoms with E-state index in [-0.39, 0.29) is 6.79 Å². The van der Waals surface area contributed by atoms with E-state index in [9.17, 15) is 0 Å². The first-order valence-electron chi connectivity index (χ1n) is 9.46. The summed E-state index contributed by atoms with van der Waals surface area (Å²) in [5.74, 6) is 2.92. The van der Waals surface area contributed by atoms with Gasteiger partial charge in [0.25, 0.3) is 0 Å². The summed E-state index contributed by atoms with van der Waals surface area (Å²) < 4.78 is 23.5. The third-order valence-corrected chi connectivity index (χ3v) is 5.90. The van der Waals surface area contributed by atoms with Crippen molar-refractivity contribution in [3.63, 3.8) is 0 Å². The maximum Gasteiger partial charge on any atom is 0.231 e. The molecule has 0 bridgehead atoms. The van der Waals surface area contributed by atoms with Gasteiger partial charge < -0.3 is 24.3 Å². The second-order valence-electron chi connectivity index (χ2n) is 6.73. The van der Waals surface area contributed by atoms with Gasteiger partial charge in [-0.15, -0.1) is 0 Å². The summed E-state index contributed by atoms with van der Waals surface area (Å²) in [6, 6.07) is 17.4. The van der Waals surface area contributed by atoms with E-state index in [2.05, 4.69) is 21.2 Å². The lowest BCUT2D eigenvalue weighted by Gasteiger charge is -2.17. The Kier molecular flexibility index (Phi) is 6.67. The number of methoxy groups -OCH3 is 1. The van der Waals surface area contributed by atoms with Crippen LogP contribution in [0.1, 0.15) is 16.7 Å². The zero-order valence-corrected chi connectivity index (χ0v) is 18.8.